The first-order valence-corrected chi connectivity index (χ1v) is 51.1. The summed E-state index contributed by atoms with van der Waals surface area (Å²) < 4.78 is 164. The molecule has 3 aromatic heterocycles. The summed E-state index contributed by atoms with van der Waals surface area (Å²) >= 11 is 19.7. The van der Waals surface area contributed by atoms with Gasteiger partial charge in [0.2, 0.25) is 50.8 Å². The minimum Gasteiger partial charge on any atom is -0.497 e. The van der Waals surface area contributed by atoms with Gasteiger partial charge in [-0.2, -0.15) is 5.10 Å². The second-order valence-electron chi connectivity index (χ2n) is 31.0. The van der Waals surface area contributed by atoms with E-state index in [4.69, 9.17) is 82.2 Å². The van der Waals surface area contributed by atoms with Crippen molar-refractivity contribution in [3.8, 4) is 57.5 Å². The summed E-state index contributed by atoms with van der Waals surface area (Å²) in [5.41, 5.74) is 5.29. The quantitative estimate of drug-likeness (QED) is 0.0207. The van der Waals surface area contributed by atoms with E-state index in [9.17, 15) is 72.0 Å². The number of fused-ring (bicyclic) bond motifs is 4. The number of hydrogen-bond acceptors (Lipinski definition) is 29. The number of urea groups is 4. The van der Waals surface area contributed by atoms with Crippen molar-refractivity contribution in [1.82, 2.24) is 49.9 Å². The largest absolute Gasteiger partial charge is 0.497 e. The van der Waals surface area contributed by atoms with E-state index >= 15 is 0 Å². The molecule has 0 fully saturated rings. The molecule has 4 aliphatic heterocycles. The van der Waals surface area contributed by atoms with Crippen LogP contribution >= 0.6 is 57.5 Å². The third-order valence-electron chi connectivity index (χ3n) is 21.5. The first kappa shape index (κ1) is 105. The van der Waals surface area contributed by atoms with Gasteiger partial charge in [-0.15, -0.1) is 22.7 Å². The molecule has 9 aromatic carbocycles. The molecule has 0 radical (unpaired) electrons. The van der Waals surface area contributed by atoms with E-state index < -0.39 is 112 Å². The number of nitrogens with zero attached hydrogens (tertiary/aromatic N) is 6. The highest BCUT2D eigenvalue weighted by atomic mass is 35.5. The lowest BCUT2D eigenvalue weighted by atomic mass is 10.0. The molecule has 0 bridgehead atoms. The summed E-state index contributed by atoms with van der Waals surface area (Å²) in [5, 5.41) is 15.4. The number of rotatable bonds is 30. The van der Waals surface area contributed by atoms with Crippen molar-refractivity contribution in [2.24, 2.45) is 7.05 Å². The smallest absolute Gasteiger partial charge is 0.329 e. The van der Waals surface area contributed by atoms with E-state index in [1.807, 2.05) is 67.4 Å². The highest BCUT2D eigenvalue weighted by Gasteiger charge is 2.37. The van der Waals surface area contributed by atoms with Crippen molar-refractivity contribution in [1.29, 1.82) is 0 Å². The average molecular weight is 2120 g/mol. The molecule has 142 heavy (non-hydrogen) atoms. The molecule has 12 aromatic rings. The number of aromatic nitrogens is 2. The summed E-state index contributed by atoms with van der Waals surface area (Å²) in [6.07, 6.45) is 0.521. The van der Waals surface area contributed by atoms with E-state index in [-0.39, 0.29) is 103 Å². The molecule has 746 valence electrons. The van der Waals surface area contributed by atoms with Crippen LogP contribution in [0.1, 0.15) is 27.9 Å². The molecular formula is C93H91Cl3N14O26S6. The van der Waals surface area contributed by atoms with Gasteiger partial charge >= 0.3 is 24.1 Å². The Bertz CT molecular complexity index is 7130. The number of anilines is 4. The van der Waals surface area contributed by atoms with Gasteiger partial charge < -0.3 is 88.2 Å². The van der Waals surface area contributed by atoms with Crippen LogP contribution in [0.2, 0.25) is 13.8 Å². The van der Waals surface area contributed by atoms with Crippen LogP contribution in [0.5, 0.6) is 57.5 Å². The molecule has 40 nitrogen and oxygen atoms in total. The van der Waals surface area contributed by atoms with Crippen LogP contribution in [-0.4, -0.2) is 185 Å². The molecular weight excluding hydrogens is 2030 g/mol. The zero-order valence-corrected chi connectivity index (χ0v) is 83.5. The number of carbonyl (C=O) groups is 8. The maximum absolute atomic E-state index is 13.5. The molecule has 4 aliphatic rings. The number of amides is 12. The molecule has 0 saturated heterocycles. The Kier molecular flexibility index (Phi) is 34.3. The van der Waals surface area contributed by atoms with Gasteiger partial charge in [-0.1, -0.05) is 162 Å². The Hall–Kier alpha value is -14.8. The fraction of sp³-hybridized carbons (Fsp3) is 0.215. The molecule has 4 atom stereocenters. The first-order chi connectivity index (χ1) is 67.7. The molecule has 8 N–H and O–H groups in total. The van der Waals surface area contributed by atoms with Crippen molar-refractivity contribution < 1.29 is 119 Å². The summed E-state index contributed by atoms with van der Waals surface area (Å²) in [6.45, 7) is 1.82. The number of halogens is 3. The van der Waals surface area contributed by atoms with E-state index in [1.165, 1.54) is 76.7 Å². The third-order valence-corrected chi connectivity index (χ3v) is 30.6. The topological polar surface area (TPSA) is 492 Å². The van der Waals surface area contributed by atoms with Crippen LogP contribution in [0.3, 0.4) is 0 Å². The number of benzene rings is 9. The second kappa shape index (κ2) is 46.5. The SMILES string of the molecule is CN(C(=O)[C@H](Cc1ccccc1)NC(=O)NS(=O)(=O)c1cc(Cl)sc1Cl)c1ccc2c(c1)OCO2.CN(C(=O)[C@H](Cc1ccccc1)NC(=O)NS(=O)(=O)c1cccs1)c1ccc2c(c1)OCO2.COc1ccc(OC)c(S(=O)(=O)NC(=O)N[C@@H](Cc2ccccc2)C(=O)N(C)c2ccc3c(c2)OCO3)c1.Cc1nn(C)c(Cl)c1S(=O)(=O)NC(=O)N[C@@H](Cc1ccccc1)C(=O)N(C)c1ccc2c(c1)OCO2. The minimum absolute atomic E-state index is 0.000985. The average Bonchev–Trinajstić information content (AvgIpc) is 1.61. The van der Waals surface area contributed by atoms with Crippen molar-refractivity contribution in [2.45, 2.75) is 75.7 Å². The summed E-state index contributed by atoms with van der Waals surface area (Å²) in [6, 6.07) is 56.0. The molecule has 16 rings (SSSR count). The fourth-order valence-electron chi connectivity index (χ4n) is 14.3. The number of aryl methyl sites for hydroxylation is 2. The molecule has 7 heterocycles. The number of methoxy groups -OCH3 is 2. The zero-order valence-electron chi connectivity index (χ0n) is 76.4. The first-order valence-electron chi connectivity index (χ1n) is 42.3. The maximum atomic E-state index is 13.5. The van der Waals surface area contributed by atoms with Crippen molar-refractivity contribution in [3.63, 3.8) is 0 Å². The Morgan fingerprint density at radius 3 is 0.993 bits per heavy atom. The van der Waals surface area contributed by atoms with Gasteiger partial charge in [-0.05, 0) is 107 Å². The number of nitrogens with one attached hydrogen (secondary N) is 8. The molecule has 0 spiro atoms. The van der Waals surface area contributed by atoms with E-state index in [0.717, 1.165) is 51.0 Å². The predicted octanol–water partition coefficient (Wildman–Crippen LogP) is 11.9. The Labute approximate surface area is 838 Å². The van der Waals surface area contributed by atoms with E-state index in [0.29, 0.717) is 68.7 Å². The molecule has 0 saturated carbocycles. The molecule has 0 aliphatic carbocycles. The number of sulfonamides is 4. The van der Waals surface area contributed by atoms with Crippen molar-refractivity contribution >= 4 is 168 Å². The Morgan fingerprint density at radius 2 is 0.704 bits per heavy atom. The van der Waals surface area contributed by atoms with Crippen LogP contribution in [0, 0.1) is 6.92 Å². The number of carbonyl (C=O) groups excluding carboxylic acids is 8. The lowest BCUT2D eigenvalue weighted by molar-refractivity contribution is -0.120. The van der Waals surface area contributed by atoms with Crippen LogP contribution in [-0.2, 0) is 92.0 Å². The number of hydrogen-bond donors (Lipinski definition) is 8. The van der Waals surface area contributed by atoms with Crippen molar-refractivity contribution in [2.75, 3.05) is 89.2 Å². The fourth-order valence-corrected chi connectivity index (χ4v) is 22.0. The van der Waals surface area contributed by atoms with Gasteiger partial charge in [-0.25, -0.2) is 71.7 Å². The van der Waals surface area contributed by atoms with Crippen LogP contribution in [0.25, 0.3) is 0 Å². The van der Waals surface area contributed by atoms with Crippen molar-refractivity contribution in [3.05, 3.63) is 278 Å². The van der Waals surface area contributed by atoms with Gasteiger partial charge in [0.15, 0.2) is 46.0 Å². The van der Waals surface area contributed by atoms with E-state index in [1.54, 1.807) is 185 Å². The predicted molar refractivity (Wildman–Crippen MR) is 526 cm³/mol. The van der Waals surface area contributed by atoms with Crippen LogP contribution in [0.4, 0.5) is 41.9 Å². The highest BCUT2D eigenvalue weighted by molar-refractivity contribution is 7.92. The summed E-state index contributed by atoms with van der Waals surface area (Å²) in [4.78, 5) is 109. The lowest BCUT2D eigenvalue weighted by Crippen LogP contribution is -2.52. The maximum Gasteiger partial charge on any atom is 0.329 e. The number of ether oxygens (including phenoxy) is 10. The normalized spacial score (nSPS) is 13.1. The zero-order chi connectivity index (χ0) is 102. The summed E-state index contributed by atoms with van der Waals surface area (Å²) in [7, 11) is -6.71. The Morgan fingerprint density at radius 1 is 0.387 bits per heavy atom. The van der Waals surface area contributed by atoms with Crippen LogP contribution < -0.4 is 107 Å². The van der Waals surface area contributed by atoms with Gasteiger partial charge in [0.05, 0.1) is 24.2 Å². The summed E-state index contributed by atoms with van der Waals surface area (Å²) in [5.74, 6) is 2.68. The van der Waals surface area contributed by atoms with E-state index in [2.05, 4.69) is 26.4 Å². The van der Waals surface area contributed by atoms with Gasteiger partial charge in [0.1, 0.15) is 64.1 Å². The molecule has 12 amide bonds. The molecule has 0 unspecified atom stereocenters. The van der Waals surface area contributed by atoms with Gasteiger partial charge in [0, 0.05) is 114 Å². The lowest BCUT2D eigenvalue weighted by Gasteiger charge is -2.25. The monoisotopic (exact) mass is 2120 g/mol. The third kappa shape index (κ3) is 26.7. The standard InChI is InChI=1S/C26H27N3O8S.C23H24ClN5O6S.C22H19Cl2N3O6S2.C22H21N3O6S2/c1-29(18-9-11-21-23(14-18)37-16-36-21)25(30)20(13-17-7-5-4-6-8-17)27-26(31)28-38(32,33)24-15-19(34-2)10-12-22(24)35-3;1-14-20(21(24)29(3)26-14)36(32,33)27-23(31)25-17(11-15-7-5-4-6-8-15)22(30)28(2)16-9-10-18-19(12-16)35-13-34-18;1-27(14-7-8-16-17(10-14)33-12-32-16)21(28)15(9-13-5-3-2-4-6-13)25-22(29)26-35(30,31)18-11-19(23)34-20(18)24;1-25(16-9-10-18-19(13-16)31-14-30-18)21(26)17(12-15-6-3-2-4-7-15)23-22(27)24-33(28,29)20-8-5-11-32-20/h4-12,14-15,20H,13,16H2,1-3H3,(H2,27,28,31);4-10,12,17H,11,13H2,1-3H3,(H2,25,27,31);2-8,10-11,15H,9,12H2,1H3,(H2,25,26,29);2-11,13,17H,12,14H2,1H3,(H2,23,24,27)/t20-;17-;15-;17-/m0000/s1. The Balaban J connectivity index is 0.000000159. The van der Waals surface area contributed by atoms with Gasteiger partial charge in [0.25, 0.3) is 40.1 Å². The van der Waals surface area contributed by atoms with Crippen LogP contribution in [0.15, 0.2) is 255 Å². The number of thiophene rings is 2. The highest BCUT2D eigenvalue weighted by Crippen LogP contribution is 2.41. The number of likely N-dealkylation sites (N-methyl/N-ethyl adjacent to an activating group) is 4. The molecule has 49 heteroatoms. The minimum atomic E-state index is -4.38. The second-order valence-corrected chi connectivity index (χ2v) is 41.4. The van der Waals surface area contributed by atoms with Gasteiger partial charge in [-0.3, -0.25) is 23.9 Å².